The van der Waals surface area contributed by atoms with Crippen molar-refractivity contribution in [3.63, 3.8) is 0 Å². The van der Waals surface area contributed by atoms with E-state index in [1.807, 2.05) is 30.5 Å². The molecule has 26 heavy (non-hydrogen) atoms. The number of benzene rings is 1. The molecule has 0 saturated heterocycles. The standard InChI is InChI=1S/C20H24N2O3S/c1-22(20(15-21)12-4-3-5-13-20)18(23)14-25-19(24)11-8-16-6-9-17(26-2)10-7-16/h6-11H,3-5,12-14H2,1-2H3/b11-8+. The highest BCUT2D eigenvalue weighted by Gasteiger charge is 2.38. The van der Waals surface area contributed by atoms with E-state index in [0.29, 0.717) is 12.8 Å². The lowest BCUT2D eigenvalue weighted by Gasteiger charge is -2.38. The Morgan fingerprint density at radius 2 is 1.92 bits per heavy atom. The molecule has 5 nitrogen and oxygen atoms in total. The van der Waals surface area contributed by atoms with Crippen molar-refractivity contribution in [1.82, 2.24) is 4.90 Å². The molecule has 0 heterocycles. The first-order valence-electron chi connectivity index (χ1n) is 8.67. The summed E-state index contributed by atoms with van der Waals surface area (Å²) in [5.41, 5.74) is 0.116. The lowest BCUT2D eigenvalue weighted by Crippen LogP contribution is -2.51. The minimum atomic E-state index is -0.767. The van der Waals surface area contributed by atoms with E-state index in [-0.39, 0.29) is 12.5 Å². The third-order valence-corrected chi connectivity index (χ3v) is 5.51. The highest BCUT2D eigenvalue weighted by molar-refractivity contribution is 7.98. The number of esters is 1. The summed E-state index contributed by atoms with van der Waals surface area (Å²) in [6.07, 6.45) is 9.26. The van der Waals surface area contributed by atoms with Gasteiger partial charge in [-0.15, -0.1) is 11.8 Å². The van der Waals surface area contributed by atoms with Crippen LogP contribution in [-0.4, -0.2) is 42.2 Å². The Hall–Kier alpha value is -2.26. The highest BCUT2D eigenvalue weighted by Crippen LogP contribution is 2.32. The first kappa shape index (κ1) is 20.1. The molecule has 0 unspecified atom stereocenters. The second-order valence-corrected chi connectivity index (χ2v) is 7.25. The van der Waals surface area contributed by atoms with Gasteiger partial charge >= 0.3 is 5.97 Å². The number of carbonyl (C=O) groups excluding carboxylic acids is 2. The molecule has 1 aromatic carbocycles. The molecule has 0 aliphatic heterocycles. The summed E-state index contributed by atoms with van der Waals surface area (Å²) >= 11 is 1.65. The van der Waals surface area contributed by atoms with Crippen LogP contribution in [0.5, 0.6) is 0 Å². The van der Waals surface area contributed by atoms with E-state index in [2.05, 4.69) is 6.07 Å². The summed E-state index contributed by atoms with van der Waals surface area (Å²) in [4.78, 5) is 26.8. The Kier molecular flexibility index (Phi) is 7.28. The number of hydrogen-bond donors (Lipinski definition) is 0. The average molecular weight is 372 g/mol. The van der Waals surface area contributed by atoms with Gasteiger partial charge in [-0.05, 0) is 42.9 Å². The van der Waals surface area contributed by atoms with Gasteiger partial charge in [0, 0.05) is 18.0 Å². The first-order valence-corrected chi connectivity index (χ1v) is 9.90. The van der Waals surface area contributed by atoms with Crippen molar-refractivity contribution in [2.75, 3.05) is 19.9 Å². The van der Waals surface area contributed by atoms with Crippen LogP contribution in [0.3, 0.4) is 0 Å². The van der Waals surface area contributed by atoms with Crippen molar-refractivity contribution in [3.8, 4) is 6.07 Å². The van der Waals surface area contributed by atoms with E-state index in [1.54, 1.807) is 24.9 Å². The molecule has 0 N–H and O–H groups in total. The molecule has 2 rings (SSSR count). The number of amides is 1. The maximum atomic E-state index is 12.3. The molecule has 6 heteroatoms. The number of carbonyl (C=O) groups is 2. The fourth-order valence-electron chi connectivity index (χ4n) is 3.05. The summed E-state index contributed by atoms with van der Waals surface area (Å²) < 4.78 is 5.04. The van der Waals surface area contributed by atoms with Crippen LogP contribution in [0, 0.1) is 11.3 Å². The molecular formula is C20H24N2O3S. The molecule has 1 aromatic rings. The molecule has 0 atom stereocenters. The quantitative estimate of drug-likeness (QED) is 0.433. The zero-order chi connectivity index (χ0) is 19.0. The van der Waals surface area contributed by atoms with Gasteiger partial charge in [-0.2, -0.15) is 5.26 Å². The molecule has 1 amide bonds. The Morgan fingerprint density at radius 3 is 2.50 bits per heavy atom. The third kappa shape index (κ3) is 5.12. The second kappa shape index (κ2) is 9.44. The summed E-state index contributed by atoms with van der Waals surface area (Å²) in [5, 5.41) is 9.52. The molecule has 1 aliphatic carbocycles. The molecule has 0 bridgehead atoms. The van der Waals surface area contributed by atoms with Gasteiger partial charge in [0.25, 0.3) is 5.91 Å². The average Bonchev–Trinajstić information content (AvgIpc) is 2.70. The van der Waals surface area contributed by atoms with E-state index in [0.717, 1.165) is 29.7 Å². The molecule has 1 saturated carbocycles. The number of hydrogen-bond acceptors (Lipinski definition) is 5. The molecular weight excluding hydrogens is 348 g/mol. The number of ether oxygens (including phenoxy) is 1. The minimum absolute atomic E-state index is 0.348. The highest BCUT2D eigenvalue weighted by atomic mass is 32.2. The molecule has 1 aliphatic rings. The molecule has 138 valence electrons. The summed E-state index contributed by atoms with van der Waals surface area (Å²) in [7, 11) is 1.62. The van der Waals surface area contributed by atoms with E-state index in [9.17, 15) is 14.9 Å². The Morgan fingerprint density at radius 1 is 1.27 bits per heavy atom. The van der Waals surface area contributed by atoms with Crippen molar-refractivity contribution in [3.05, 3.63) is 35.9 Å². The van der Waals surface area contributed by atoms with Gasteiger partial charge in [-0.3, -0.25) is 4.79 Å². The van der Waals surface area contributed by atoms with Gasteiger partial charge in [0.15, 0.2) is 6.61 Å². The number of nitrogens with zero attached hydrogens (tertiary/aromatic N) is 2. The maximum Gasteiger partial charge on any atom is 0.331 e. The van der Waals surface area contributed by atoms with Crippen LogP contribution in [0.4, 0.5) is 0 Å². The molecule has 1 fully saturated rings. The van der Waals surface area contributed by atoms with Gasteiger partial charge in [0.1, 0.15) is 5.54 Å². The lowest BCUT2D eigenvalue weighted by atomic mass is 9.81. The number of rotatable bonds is 6. The second-order valence-electron chi connectivity index (χ2n) is 6.37. The number of likely N-dealkylation sites (N-methyl/N-ethyl adjacent to an activating group) is 1. The molecule has 0 aromatic heterocycles. The predicted octanol–water partition coefficient (Wildman–Crippen LogP) is 3.65. The van der Waals surface area contributed by atoms with Crippen molar-refractivity contribution in [1.29, 1.82) is 5.26 Å². The third-order valence-electron chi connectivity index (χ3n) is 4.77. The lowest BCUT2D eigenvalue weighted by molar-refractivity contribution is -0.150. The maximum absolute atomic E-state index is 12.3. The number of thioether (sulfide) groups is 1. The van der Waals surface area contributed by atoms with Crippen molar-refractivity contribution in [2.24, 2.45) is 0 Å². The van der Waals surface area contributed by atoms with Crippen LogP contribution in [0.25, 0.3) is 6.08 Å². The van der Waals surface area contributed by atoms with Crippen LogP contribution in [0.15, 0.2) is 35.2 Å². The predicted molar refractivity (Wildman–Crippen MR) is 102 cm³/mol. The minimum Gasteiger partial charge on any atom is -0.452 e. The van der Waals surface area contributed by atoms with E-state index >= 15 is 0 Å². The van der Waals surface area contributed by atoms with Crippen LogP contribution < -0.4 is 0 Å². The van der Waals surface area contributed by atoms with Crippen LogP contribution in [-0.2, 0) is 14.3 Å². The summed E-state index contributed by atoms with van der Waals surface area (Å²) in [5.74, 6) is -0.921. The normalized spacial score (nSPS) is 16.0. The summed E-state index contributed by atoms with van der Waals surface area (Å²) in [6.45, 7) is -0.353. The number of nitriles is 1. The summed E-state index contributed by atoms with van der Waals surface area (Å²) in [6, 6.07) is 10.1. The molecule has 0 radical (unpaired) electrons. The van der Waals surface area contributed by atoms with Crippen molar-refractivity contribution < 1.29 is 14.3 Å². The first-order chi connectivity index (χ1) is 12.5. The van der Waals surface area contributed by atoms with Crippen LogP contribution >= 0.6 is 11.8 Å². The fraction of sp³-hybridized carbons (Fsp3) is 0.450. The van der Waals surface area contributed by atoms with Crippen molar-refractivity contribution >= 4 is 29.7 Å². The molecule has 0 spiro atoms. The van der Waals surface area contributed by atoms with Crippen LogP contribution in [0.2, 0.25) is 0 Å². The van der Waals surface area contributed by atoms with E-state index < -0.39 is 11.5 Å². The van der Waals surface area contributed by atoms with Gasteiger partial charge in [-0.1, -0.05) is 31.4 Å². The van der Waals surface area contributed by atoms with Gasteiger partial charge in [0.2, 0.25) is 0 Å². The van der Waals surface area contributed by atoms with E-state index in [4.69, 9.17) is 4.74 Å². The topological polar surface area (TPSA) is 70.4 Å². The zero-order valence-electron chi connectivity index (χ0n) is 15.2. The van der Waals surface area contributed by atoms with Crippen LogP contribution in [0.1, 0.15) is 37.7 Å². The fourth-order valence-corrected chi connectivity index (χ4v) is 3.46. The zero-order valence-corrected chi connectivity index (χ0v) is 16.1. The smallest absolute Gasteiger partial charge is 0.331 e. The Balaban J connectivity index is 1.86. The monoisotopic (exact) mass is 372 g/mol. The van der Waals surface area contributed by atoms with Gasteiger partial charge in [-0.25, -0.2) is 4.79 Å². The largest absolute Gasteiger partial charge is 0.452 e. The Labute approximate surface area is 159 Å². The van der Waals surface area contributed by atoms with Crippen molar-refractivity contribution in [2.45, 2.75) is 42.5 Å². The van der Waals surface area contributed by atoms with E-state index in [1.165, 1.54) is 11.0 Å². The van der Waals surface area contributed by atoms with Gasteiger partial charge < -0.3 is 9.64 Å². The SMILES string of the molecule is CSc1ccc(/C=C/C(=O)OCC(=O)N(C)C2(C#N)CCCCC2)cc1. The van der Waals surface area contributed by atoms with Gasteiger partial charge in [0.05, 0.1) is 6.07 Å². The Bertz CT molecular complexity index is 701.